The molecule has 2 atom stereocenters. The van der Waals surface area contributed by atoms with Crippen molar-refractivity contribution in [1.82, 2.24) is 0 Å². The Morgan fingerprint density at radius 3 is 1.59 bits per heavy atom. The summed E-state index contributed by atoms with van der Waals surface area (Å²) < 4.78 is 32.7. The van der Waals surface area contributed by atoms with E-state index in [4.69, 9.17) is 0 Å². The minimum atomic E-state index is -4.33. The van der Waals surface area contributed by atoms with Gasteiger partial charge in [-0.15, -0.1) is 0 Å². The second-order valence-corrected chi connectivity index (χ2v) is 17.3. The van der Waals surface area contributed by atoms with Gasteiger partial charge < -0.3 is 4.55 Å². The number of hydrogen-bond donors (Lipinski definition) is 0. The number of aryl methyl sites for hydroxylation is 2. The highest BCUT2D eigenvalue weighted by Crippen LogP contribution is 2.64. The van der Waals surface area contributed by atoms with Crippen LogP contribution < -0.4 is 0 Å². The van der Waals surface area contributed by atoms with Crippen LogP contribution in [0.25, 0.3) is 0 Å². The molecule has 0 N–H and O–H groups in total. The molecule has 2 aliphatic rings. The molecule has 0 aromatic heterocycles. The lowest BCUT2D eigenvalue weighted by Crippen LogP contribution is -2.42. The molecule has 0 spiro atoms. The number of hydrogen-bond acceptors (Lipinski definition) is 4. The number of carbonyl (C=O) groups is 1. The summed E-state index contributed by atoms with van der Waals surface area (Å²) in [4.78, 5) is 16.1. The van der Waals surface area contributed by atoms with Gasteiger partial charge in [0.2, 0.25) is 0 Å². The summed E-state index contributed by atoms with van der Waals surface area (Å²) in [7, 11) is -4.37. The number of carbonyl (C=O) groups excluding carboxylic acids is 1. The summed E-state index contributed by atoms with van der Waals surface area (Å²) in [5.41, 5.74) is 1.72. The van der Waals surface area contributed by atoms with E-state index >= 15 is 0 Å². The molecule has 0 radical (unpaired) electrons. The highest BCUT2D eigenvalue weighted by molar-refractivity contribution is 7.97. The predicted octanol–water partition coefficient (Wildman–Crippen LogP) is 9.95. The maximum atomic E-state index is 11.8. The molecule has 2 aliphatic carbocycles. The zero-order chi connectivity index (χ0) is 33.2. The van der Waals surface area contributed by atoms with Crippen LogP contribution in [0, 0.1) is 16.7 Å². The van der Waals surface area contributed by atoms with E-state index in [1.807, 2.05) is 13.8 Å². The van der Waals surface area contributed by atoms with Crippen LogP contribution in [0.4, 0.5) is 0 Å². The topological polar surface area (TPSA) is 74.3 Å². The molecule has 2 saturated carbocycles. The third-order valence-electron chi connectivity index (χ3n) is 10.5. The van der Waals surface area contributed by atoms with Gasteiger partial charge in [-0.25, -0.2) is 8.42 Å². The molecular formula is C40H54O4S2. The average Bonchev–Trinajstić information content (AvgIpc) is 3.37. The Balaban J connectivity index is 0.000000266. The minimum absolute atomic E-state index is 0.0248. The van der Waals surface area contributed by atoms with Crippen LogP contribution in [0.15, 0.2) is 93.5 Å². The lowest BCUT2D eigenvalue weighted by molar-refractivity contribution is -0.128. The van der Waals surface area contributed by atoms with Crippen molar-refractivity contribution in [3.05, 3.63) is 90.0 Å². The first-order valence-electron chi connectivity index (χ1n) is 17.4. The van der Waals surface area contributed by atoms with Gasteiger partial charge >= 0.3 is 0 Å². The summed E-state index contributed by atoms with van der Waals surface area (Å²) in [6.45, 7) is 8.39. The Morgan fingerprint density at radius 2 is 1.20 bits per heavy atom. The first kappa shape index (κ1) is 36.4. The van der Waals surface area contributed by atoms with Crippen molar-refractivity contribution in [2.45, 2.75) is 126 Å². The van der Waals surface area contributed by atoms with E-state index in [1.54, 1.807) is 0 Å². The molecule has 2 bridgehead atoms. The Kier molecular flexibility index (Phi) is 13.2. The molecule has 0 aliphatic heterocycles. The maximum Gasteiger partial charge on any atom is 0.166 e. The number of Topliss-reactive ketones (excluding diaryl/α,β-unsaturated/α-hetero) is 1. The monoisotopic (exact) mass is 662 g/mol. The molecule has 2 unspecified atom stereocenters. The number of benzene rings is 3. The number of unbranched alkanes of at least 4 members (excludes halogenated alkanes) is 6. The SMILES string of the molecule is CC1(C)C2CCC1(CS(=O)(=O)[O-])C(=O)C2.CCCCCCc1ccc([S+](c2ccccc2)c2ccc(CCCCCC)cc2)cc1. The third-order valence-corrected chi connectivity index (χ3v) is 13.6. The molecule has 3 aromatic rings. The zero-order valence-electron chi connectivity index (χ0n) is 28.4. The Bertz CT molecular complexity index is 1420. The smallest absolute Gasteiger partial charge is 0.166 e. The van der Waals surface area contributed by atoms with Crippen molar-refractivity contribution in [1.29, 1.82) is 0 Å². The molecule has 46 heavy (non-hydrogen) atoms. The van der Waals surface area contributed by atoms with Gasteiger partial charge in [-0.05, 0) is 97.4 Å². The van der Waals surface area contributed by atoms with E-state index in [9.17, 15) is 17.8 Å². The number of rotatable bonds is 15. The molecule has 0 heterocycles. The van der Waals surface area contributed by atoms with Crippen LogP contribution >= 0.6 is 0 Å². The van der Waals surface area contributed by atoms with Gasteiger partial charge in [0.25, 0.3) is 0 Å². The number of ketones is 1. The van der Waals surface area contributed by atoms with Crippen molar-refractivity contribution >= 4 is 26.8 Å². The van der Waals surface area contributed by atoms with Crippen molar-refractivity contribution in [2.24, 2.45) is 16.7 Å². The van der Waals surface area contributed by atoms with Gasteiger partial charge in [0.1, 0.15) is 5.78 Å². The first-order chi connectivity index (χ1) is 22.0. The highest BCUT2D eigenvalue weighted by Gasteiger charge is 2.64. The predicted molar refractivity (Wildman–Crippen MR) is 190 cm³/mol. The van der Waals surface area contributed by atoms with E-state index in [-0.39, 0.29) is 28.0 Å². The normalized spacial score (nSPS) is 20.1. The van der Waals surface area contributed by atoms with Crippen LogP contribution in [0.5, 0.6) is 0 Å². The maximum absolute atomic E-state index is 11.8. The molecular weight excluding hydrogens is 609 g/mol. The summed E-state index contributed by atoms with van der Waals surface area (Å²) in [6.07, 6.45) is 14.9. The third kappa shape index (κ3) is 9.14. The van der Waals surface area contributed by atoms with Crippen LogP contribution in [-0.2, 0) is 38.6 Å². The van der Waals surface area contributed by atoms with Gasteiger partial charge in [-0.3, -0.25) is 4.79 Å². The Morgan fingerprint density at radius 1 is 0.717 bits per heavy atom. The molecule has 0 amide bonds. The van der Waals surface area contributed by atoms with Gasteiger partial charge in [-0.2, -0.15) is 0 Å². The van der Waals surface area contributed by atoms with E-state index in [1.165, 1.54) is 90.0 Å². The average molecular weight is 663 g/mol. The highest BCUT2D eigenvalue weighted by atomic mass is 32.2. The summed E-state index contributed by atoms with van der Waals surface area (Å²) in [5.74, 6) is -0.280. The summed E-state index contributed by atoms with van der Waals surface area (Å²) >= 11 is 0. The van der Waals surface area contributed by atoms with Crippen molar-refractivity contribution in [3.8, 4) is 0 Å². The van der Waals surface area contributed by atoms with Crippen LogP contribution in [0.2, 0.25) is 0 Å². The zero-order valence-corrected chi connectivity index (χ0v) is 30.1. The molecule has 4 nitrogen and oxygen atoms in total. The fourth-order valence-corrected chi connectivity index (χ4v) is 10.8. The standard InChI is InChI=1S/C30H39S.C10H16O4S/c1-3-5-7-10-14-26-18-22-29(23-19-26)31(28-16-12-9-13-17-28)30-24-20-27(21-25-30)15-11-8-6-4-2;1-9(2)7-3-4-10(9,8(11)5-7)6-15(12,13)14/h9,12-13,16-25H,3-8,10-11,14-15H2,1-2H3;7H,3-6H2,1-2H3,(H,12,13,14)/q+1;/p-1. The molecule has 6 heteroatoms. The lowest BCUT2D eigenvalue weighted by Gasteiger charge is -2.37. The Hall–Kier alpha value is -2.41. The molecule has 3 aromatic carbocycles. The van der Waals surface area contributed by atoms with Crippen LogP contribution in [-0.4, -0.2) is 24.5 Å². The van der Waals surface area contributed by atoms with E-state index in [2.05, 4.69) is 92.7 Å². The van der Waals surface area contributed by atoms with E-state index < -0.39 is 21.3 Å². The lowest BCUT2D eigenvalue weighted by atomic mass is 9.70. The second kappa shape index (κ2) is 16.6. The quantitative estimate of drug-likeness (QED) is 0.0922. The minimum Gasteiger partial charge on any atom is -0.748 e. The first-order valence-corrected chi connectivity index (χ1v) is 20.2. The summed E-state index contributed by atoms with van der Waals surface area (Å²) in [5, 5.41) is 0. The largest absolute Gasteiger partial charge is 0.748 e. The Labute approximate surface area is 281 Å². The fourth-order valence-electron chi connectivity index (χ4n) is 7.47. The van der Waals surface area contributed by atoms with Crippen LogP contribution in [0.3, 0.4) is 0 Å². The van der Waals surface area contributed by atoms with Gasteiger partial charge in [0.15, 0.2) is 14.7 Å². The number of fused-ring (bicyclic) bond motifs is 2. The molecule has 2 fully saturated rings. The van der Waals surface area contributed by atoms with Gasteiger partial charge in [0, 0.05) is 11.8 Å². The van der Waals surface area contributed by atoms with Crippen molar-refractivity contribution in [2.75, 3.05) is 5.75 Å². The van der Waals surface area contributed by atoms with Crippen molar-refractivity contribution in [3.63, 3.8) is 0 Å². The van der Waals surface area contributed by atoms with Gasteiger partial charge in [0.05, 0.1) is 26.8 Å². The van der Waals surface area contributed by atoms with Crippen molar-refractivity contribution < 1.29 is 17.8 Å². The van der Waals surface area contributed by atoms with E-state index in [0.717, 1.165) is 6.42 Å². The summed E-state index contributed by atoms with van der Waals surface area (Å²) in [6, 6.07) is 29.9. The fraction of sp³-hybridized carbons (Fsp3) is 0.525. The second-order valence-electron chi connectivity index (χ2n) is 13.9. The van der Waals surface area contributed by atoms with E-state index in [0.29, 0.717) is 12.8 Å². The van der Waals surface area contributed by atoms with Gasteiger partial charge in [-0.1, -0.05) is 109 Å². The molecule has 250 valence electrons. The molecule has 0 saturated heterocycles. The molecule has 5 rings (SSSR count). The van der Waals surface area contributed by atoms with Crippen LogP contribution in [0.1, 0.15) is 109 Å².